The monoisotopic (exact) mass is 199 g/mol. The Morgan fingerprint density at radius 1 is 1.27 bits per heavy atom. The van der Waals surface area contributed by atoms with Gasteiger partial charge in [0.15, 0.2) is 5.78 Å². The van der Waals surface area contributed by atoms with Gasteiger partial charge in [-0.3, -0.25) is 4.79 Å². The van der Waals surface area contributed by atoms with Crippen molar-refractivity contribution >= 4 is 11.5 Å². The molecule has 1 aromatic rings. The van der Waals surface area contributed by atoms with Crippen LogP contribution in [0.25, 0.3) is 0 Å². The van der Waals surface area contributed by atoms with E-state index in [-0.39, 0.29) is 11.3 Å². The number of hydrogen-bond acceptors (Lipinski definition) is 2. The Hall–Kier alpha value is -1.57. The maximum Gasteiger partial charge on any atom is 0.181 e. The van der Waals surface area contributed by atoms with Crippen LogP contribution in [0.1, 0.15) is 12.8 Å². The highest BCUT2D eigenvalue weighted by molar-refractivity contribution is 6.04. The molecular weight excluding hydrogens is 186 g/mol. The summed E-state index contributed by atoms with van der Waals surface area (Å²) in [5.41, 5.74) is 0.737. The standard InChI is InChI=1S/C13H13NO/c15-12-7-6-10-8-9-13(10,12)14-11-4-2-1-3-5-11/h1-7,10,14H,8-9H2. The molecule has 1 N–H and O–H groups in total. The van der Waals surface area contributed by atoms with E-state index in [1.807, 2.05) is 36.4 Å². The highest BCUT2D eigenvalue weighted by Crippen LogP contribution is 2.46. The predicted octanol–water partition coefficient (Wildman–Crippen LogP) is 2.39. The summed E-state index contributed by atoms with van der Waals surface area (Å²) in [6.07, 6.45) is 5.86. The molecule has 3 rings (SSSR count). The third-order valence-electron chi connectivity index (χ3n) is 3.54. The van der Waals surface area contributed by atoms with Crippen LogP contribution in [-0.2, 0) is 4.79 Å². The van der Waals surface area contributed by atoms with Gasteiger partial charge in [0.25, 0.3) is 0 Å². The van der Waals surface area contributed by atoms with Gasteiger partial charge in [-0.05, 0) is 31.1 Å². The number of benzene rings is 1. The van der Waals surface area contributed by atoms with Crippen molar-refractivity contribution in [2.45, 2.75) is 18.4 Å². The first kappa shape index (κ1) is 8.72. The van der Waals surface area contributed by atoms with E-state index in [2.05, 4.69) is 5.32 Å². The van der Waals surface area contributed by atoms with Crippen LogP contribution in [0.15, 0.2) is 42.5 Å². The zero-order chi connectivity index (χ0) is 10.3. The molecule has 0 aliphatic heterocycles. The SMILES string of the molecule is O=C1C=CC2CCC12Nc1ccccc1. The smallest absolute Gasteiger partial charge is 0.181 e. The average molecular weight is 199 g/mol. The molecule has 0 amide bonds. The van der Waals surface area contributed by atoms with Gasteiger partial charge in [0, 0.05) is 11.6 Å². The minimum Gasteiger partial charge on any atom is -0.372 e. The molecule has 2 aliphatic carbocycles. The third kappa shape index (κ3) is 1.14. The summed E-state index contributed by atoms with van der Waals surface area (Å²) in [7, 11) is 0. The van der Waals surface area contributed by atoms with Crippen LogP contribution >= 0.6 is 0 Å². The van der Waals surface area contributed by atoms with E-state index in [4.69, 9.17) is 0 Å². The van der Waals surface area contributed by atoms with Crippen LogP contribution in [0, 0.1) is 5.92 Å². The highest BCUT2D eigenvalue weighted by atomic mass is 16.1. The van der Waals surface area contributed by atoms with E-state index in [1.54, 1.807) is 6.08 Å². The molecule has 2 heteroatoms. The van der Waals surface area contributed by atoms with Crippen molar-refractivity contribution in [3.05, 3.63) is 42.5 Å². The minimum absolute atomic E-state index is 0.239. The van der Waals surface area contributed by atoms with Gasteiger partial charge < -0.3 is 5.32 Å². The number of para-hydroxylation sites is 1. The Morgan fingerprint density at radius 2 is 2.07 bits per heavy atom. The van der Waals surface area contributed by atoms with Crippen molar-refractivity contribution < 1.29 is 4.79 Å². The fourth-order valence-electron chi connectivity index (χ4n) is 2.51. The largest absolute Gasteiger partial charge is 0.372 e. The summed E-state index contributed by atoms with van der Waals surface area (Å²) < 4.78 is 0. The van der Waals surface area contributed by atoms with E-state index in [0.717, 1.165) is 18.5 Å². The molecule has 0 saturated heterocycles. The zero-order valence-corrected chi connectivity index (χ0v) is 8.44. The molecule has 0 bridgehead atoms. The number of nitrogens with one attached hydrogen (secondary N) is 1. The predicted molar refractivity (Wildman–Crippen MR) is 59.7 cm³/mol. The molecule has 0 aromatic heterocycles. The second kappa shape index (κ2) is 2.96. The number of fused-ring (bicyclic) bond motifs is 1. The molecule has 76 valence electrons. The molecule has 1 saturated carbocycles. The van der Waals surface area contributed by atoms with Gasteiger partial charge in [-0.15, -0.1) is 0 Å². The minimum atomic E-state index is -0.304. The van der Waals surface area contributed by atoms with E-state index in [1.165, 1.54) is 0 Å². The maximum atomic E-state index is 11.8. The van der Waals surface area contributed by atoms with E-state index >= 15 is 0 Å². The Labute approximate surface area is 89.0 Å². The number of hydrogen-bond donors (Lipinski definition) is 1. The Kier molecular flexibility index (Phi) is 1.72. The molecule has 2 nitrogen and oxygen atoms in total. The summed E-state index contributed by atoms with van der Waals surface area (Å²) in [6, 6.07) is 9.97. The summed E-state index contributed by atoms with van der Waals surface area (Å²) in [6.45, 7) is 0. The van der Waals surface area contributed by atoms with E-state index in [0.29, 0.717) is 5.92 Å². The van der Waals surface area contributed by atoms with Gasteiger partial charge in [0.05, 0.1) is 0 Å². The molecule has 2 aliphatic rings. The van der Waals surface area contributed by atoms with Gasteiger partial charge in [-0.2, -0.15) is 0 Å². The quantitative estimate of drug-likeness (QED) is 0.792. The zero-order valence-electron chi connectivity index (χ0n) is 8.44. The number of anilines is 1. The first-order chi connectivity index (χ1) is 7.31. The lowest BCUT2D eigenvalue weighted by atomic mass is 9.68. The lowest BCUT2D eigenvalue weighted by Gasteiger charge is -2.44. The average Bonchev–Trinajstić information content (AvgIpc) is 2.44. The molecule has 1 fully saturated rings. The van der Waals surface area contributed by atoms with E-state index in [9.17, 15) is 4.79 Å². The molecule has 15 heavy (non-hydrogen) atoms. The first-order valence-electron chi connectivity index (χ1n) is 5.37. The van der Waals surface area contributed by atoms with Crippen LogP contribution in [0.3, 0.4) is 0 Å². The van der Waals surface area contributed by atoms with Crippen molar-refractivity contribution in [3.8, 4) is 0 Å². The highest BCUT2D eigenvalue weighted by Gasteiger charge is 2.53. The van der Waals surface area contributed by atoms with Crippen LogP contribution < -0.4 is 5.32 Å². The summed E-state index contributed by atoms with van der Waals surface area (Å²) in [5.74, 6) is 0.646. The van der Waals surface area contributed by atoms with Crippen LogP contribution in [0.4, 0.5) is 5.69 Å². The molecule has 2 atom stereocenters. The second-order valence-corrected chi connectivity index (χ2v) is 4.33. The number of carbonyl (C=O) groups excluding carboxylic acids is 1. The molecule has 1 aromatic carbocycles. The first-order valence-corrected chi connectivity index (χ1v) is 5.37. The van der Waals surface area contributed by atoms with Crippen molar-refractivity contribution in [1.29, 1.82) is 0 Å². The van der Waals surface area contributed by atoms with Crippen LogP contribution in [-0.4, -0.2) is 11.3 Å². The van der Waals surface area contributed by atoms with Crippen molar-refractivity contribution in [3.63, 3.8) is 0 Å². The topological polar surface area (TPSA) is 29.1 Å². The Balaban J connectivity index is 1.87. The van der Waals surface area contributed by atoms with Crippen molar-refractivity contribution in [1.82, 2.24) is 0 Å². The summed E-state index contributed by atoms with van der Waals surface area (Å²) in [4.78, 5) is 11.8. The van der Waals surface area contributed by atoms with E-state index < -0.39 is 0 Å². The molecule has 2 unspecified atom stereocenters. The van der Waals surface area contributed by atoms with Gasteiger partial charge in [-0.1, -0.05) is 24.3 Å². The summed E-state index contributed by atoms with van der Waals surface area (Å²) in [5, 5.41) is 3.39. The van der Waals surface area contributed by atoms with Gasteiger partial charge in [-0.25, -0.2) is 0 Å². The van der Waals surface area contributed by atoms with Crippen LogP contribution in [0.2, 0.25) is 0 Å². The van der Waals surface area contributed by atoms with Crippen molar-refractivity contribution in [2.24, 2.45) is 5.92 Å². The van der Waals surface area contributed by atoms with Gasteiger partial charge >= 0.3 is 0 Å². The lowest BCUT2D eigenvalue weighted by Crippen LogP contribution is -2.55. The normalized spacial score (nSPS) is 32.3. The third-order valence-corrected chi connectivity index (χ3v) is 3.54. The molecule has 0 spiro atoms. The molecule has 0 radical (unpaired) electrons. The molecular formula is C13H13NO. The lowest BCUT2D eigenvalue weighted by molar-refractivity contribution is -0.121. The number of rotatable bonds is 2. The maximum absolute atomic E-state index is 11.8. The summed E-state index contributed by atoms with van der Waals surface area (Å²) >= 11 is 0. The Bertz CT molecular complexity index is 423. The fraction of sp³-hybridized carbons (Fsp3) is 0.308. The number of ketones is 1. The van der Waals surface area contributed by atoms with Crippen molar-refractivity contribution in [2.75, 3.05) is 5.32 Å². The van der Waals surface area contributed by atoms with Gasteiger partial charge in [0.1, 0.15) is 5.54 Å². The van der Waals surface area contributed by atoms with Crippen LogP contribution in [0.5, 0.6) is 0 Å². The molecule has 0 heterocycles. The second-order valence-electron chi connectivity index (χ2n) is 4.33. The van der Waals surface area contributed by atoms with Gasteiger partial charge in [0.2, 0.25) is 0 Å². The number of carbonyl (C=O) groups is 1. The fourth-order valence-corrected chi connectivity index (χ4v) is 2.51. The Morgan fingerprint density at radius 3 is 2.67 bits per heavy atom.